The lowest BCUT2D eigenvalue weighted by Gasteiger charge is -2.12. The molecule has 0 saturated carbocycles. The highest BCUT2D eigenvalue weighted by molar-refractivity contribution is 7.13. The van der Waals surface area contributed by atoms with E-state index in [9.17, 15) is 4.79 Å². The molecule has 0 bridgehead atoms. The minimum atomic E-state index is -0.263. The molecule has 32 heavy (non-hydrogen) atoms. The molecule has 2 heterocycles. The highest BCUT2D eigenvalue weighted by Crippen LogP contribution is 2.41. The van der Waals surface area contributed by atoms with Gasteiger partial charge in [0.05, 0.1) is 27.6 Å². The van der Waals surface area contributed by atoms with E-state index in [1.807, 2.05) is 37.3 Å². The number of allylic oxidation sites excluding steroid dienone is 1. The number of hydrogen-bond donors (Lipinski definition) is 1. The maximum absolute atomic E-state index is 12.4. The van der Waals surface area contributed by atoms with E-state index in [4.69, 9.17) is 18.6 Å². The minimum Gasteiger partial charge on any atom is -0.497 e. The number of thiazole rings is 1. The average Bonchev–Trinajstić information content (AvgIpc) is 3.46. The van der Waals surface area contributed by atoms with E-state index in [0.717, 1.165) is 27.6 Å². The van der Waals surface area contributed by atoms with Crippen LogP contribution in [0.4, 0.5) is 5.13 Å². The Hall–Kier alpha value is -3.78. The molecule has 4 aromatic rings. The van der Waals surface area contributed by atoms with Gasteiger partial charge >= 0.3 is 0 Å². The van der Waals surface area contributed by atoms with Crippen molar-refractivity contribution in [3.63, 3.8) is 0 Å². The maximum atomic E-state index is 12.4. The molecule has 0 aliphatic heterocycles. The van der Waals surface area contributed by atoms with E-state index in [-0.39, 0.29) is 5.91 Å². The van der Waals surface area contributed by atoms with Crippen LogP contribution in [0.3, 0.4) is 0 Å². The monoisotopic (exact) mass is 450 g/mol. The fourth-order valence-electron chi connectivity index (χ4n) is 3.47. The zero-order chi connectivity index (χ0) is 22.7. The van der Waals surface area contributed by atoms with Gasteiger partial charge in [0.25, 0.3) is 0 Å². The van der Waals surface area contributed by atoms with Gasteiger partial charge in [-0.15, -0.1) is 11.3 Å². The summed E-state index contributed by atoms with van der Waals surface area (Å²) in [5, 5.41) is 5.97. The molecule has 2 aromatic carbocycles. The van der Waals surface area contributed by atoms with Crippen molar-refractivity contribution in [2.45, 2.75) is 6.92 Å². The molecule has 0 fully saturated rings. The van der Waals surface area contributed by atoms with Crippen molar-refractivity contribution in [2.24, 2.45) is 0 Å². The molecule has 0 radical (unpaired) electrons. The van der Waals surface area contributed by atoms with Crippen LogP contribution >= 0.6 is 11.3 Å². The first-order valence-corrected chi connectivity index (χ1v) is 10.6. The van der Waals surface area contributed by atoms with Gasteiger partial charge in [0.2, 0.25) is 5.91 Å². The normalized spacial score (nSPS) is 11.4. The molecule has 8 heteroatoms. The number of fused-ring (bicyclic) bond motifs is 1. The SMILES string of the molecule is COc1ccc(OC)c(-c2coc3cc(OC)c(/C(C)=C/C(=O)Nc4nccs4)cc23)c1. The third-order valence-electron chi connectivity index (χ3n) is 5.03. The van der Waals surface area contributed by atoms with Crippen LogP contribution in [0.15, 0.2) is 58.7 Å². The summed E-state index contributed by atoms with van der Waals surface area (Å²) in [6, 6.07) is 9.36. The van der Waals surface area contributed by atoms with Crippen LogP contribution in [-0.4, -0.2) is 32.2 Å². The smallest absolute Gasteiger partial charge is 0.250 e. The quantitative estimate of drug-likeness (QED) is 0.368. The van der Waals surface area contributed by atoms with Gasteiger partial charge in [-0.3, -0.25) is 10.1 Å². The number of nitrogens with zero attached hydrogens (tertiary/aromatic N) is 1. The molecule has 1 amide bonds. The second kappa shape index (κ2) is 9.15. The molecule has 164 valence electrons. The fourth-order valence-corrected chi connectivity index (χ4v) is 4.00. The van der Waals surface area contributed by atoms with Gasteiger partial charge in [-0.25, -0.2) is 4.98 Å². The van der Waals surface area contributed by atoms with Gasteiger partial charge in [-0.2, -0.15) is 0 Å². The zero-order valence-corrected chi connectivity index (χ0v) is 18.9. The van der Waals surface area contributed by atoms with Crippen LogP contribution in [0, 0.1) is 0 Å². The summed E-state index contributed by atoms with van der Waals surface area (Å²) >= 11 is 1.36. The number of methoxy groups -OCH3 is 3. The summed E-state index contributed by atoms with van der Waals surface area (Å²) in [4.78, 5) is 16.5. The predicted molar refractivity (Wildman–Crippen MR) is 126 cm³/mol. The molecule has 7 nitrogen and oxygen atoms in total. The number of carbonyl (C=O) groups is 1. The topological polar surface area (TPSA) is 82.8 Å². The molecule has 0 atom stereocenters. The Morgan fingerprint density at radius 3 is 2.56 bits per heavy atom. The Balaban J connectivity index is 1.79. The summed E-state index contributed by atoms with van der Waals surface area (Å²) in [5.74, 6) is 1.74. The number of carbonyl (C=O) groups excluding carboxylic acids is 1. The predicted octanol–water partition coefficient (Wildman–Crippen LogP) is 5.62. The summed E-state index contributed by atoms with van der Waals surface area (Å²) in [6.45, 7) is 1.86. The van der Waals surface area contributed by atoms with Crippen molar-refractivity contribution in [3.05, 3.63) is 59.8 Å². The Kier molecular flexibility index (Phi) is 6.13. The number of aromatic nitrogens is 1. The Labute approximate surface area is 189 Å². The standard InChI is InChI=1S/C24H22N2O5S/c1-14(9-23(27)26-24-25-7-8-32-24)16-11-18-19(13-31-22(18)12-21(16)30-4)17-10-15(28-2)5-6-20(17)29-3/h5-13H,1-4H3,(H,25,26,27)/b14-9+. The van der Waals surface area contributed by atoms with E-state index in [1.54, 1.807) is 39.2 Å². The van der Waals surface area contributed by atoms with Crippen LogP contribution in [0.1, 0.15) is 12.5 Å². The Morgan fingerprint density at radius 2 is 1.88 bits per heavy atom. The van der Waals surface area contributed by atoms with E-state index in [0.29, 0.717) is 28.0 Å². The first-order chi connectivity index (χ1) is 15.5. The van der Waals surface area contributed by atoms with Gasteiger partial charge in [-0.1, -0.05) is 0 Å². The minimum absolute atomic E-state index is 0.263. The van der Waals surface area contributed by atoms with Crippen molar-refractivity contribution in [2.75, 3.05) is 26.6 Å². The first kappa shape index (κ1) is 21.5. The summed E-state index contributed by atoms with van der Waals surface area (Å²) in [5.41, 5.74) is 3.86. The van der Waals surface area contributed by atoms with Crippen LogP contribution in [0.25, 0.3) is 27.7 Å². The van der Waals surface area contributed by atoms with Crippen LogP contribution < -0.4 is 19.5 Å². The van der Waals surface area contributed by atoms with Gasteiger partial charge in [-0.05, 0) is 36.8 Å². The highest BCUT2D eigenvalue weighted by Gasteiger charge is 2.18. The van der Waals surface area contributed by atoms with Crippen LogP contribution in [-0.2, 0) is 4.79 Å². The Bertz CT molecular complexity index is 1290. The second-order valence-corrected chi connectivity index (χ2v) is 7.81. The number of nitrogens with one attached hydrogen (secondary N) is 1. The van der Waals surface area contributed by atoms with Gasteiger partial charge < -0.3 is 18.6 Å². The first-order valence-electron chi connectivity index (χ1n) is 9.74. The molecule has 0 aliphatic rings. The zero-order valence-electron chi connectivity index (χ0n) is 18.1. The average molecular weight is 451 g/mol. The van der Waals surface area contributed by atoms with E-state index < -0.39 is 0 Å². The number of rotatable bonds is 7. The lowest BCUT2D eigenvalue weighted by molar-refractivity contribution is -0.111. The van der Waals surface area contributed by atoms with Gasteiger partial charge in [0.15, 0.2) is 5.13 Å². The number of ether oxygens (including phenoxy) is 3. The summed E-state index contributed by atoms with van der Waals surface area (Å²) in [6.07, 6.45) is 4.84. The molecule has 2 aromatic heterocycles. The van der Waals surface area contributed by atoms with E-state index in [2.05, 4.69) is 10.3 Å². The number of anilines is 1. The molecule has 0 spiro atoms. The fraction of sp³-hybridized carbons (Fsp3) is 0.167. The molecule has 0 aliphatic carbocycles. The second-order valence-electron chi connectivity index (χ2n) is 6.92. The van der Waals surface area contributed by atoms with E-state index in [1.165, 1.54) is 17.4 Å². The third-order valence-corrected chi connectivity index (χ3v) is 5.72. The van der Waals surface area contributed by atoms with Crippen molar-refractivity contribution < 1.29 is 23.4 Å². The summed E-state index contributed by atoms with van der Waals surface area (Å²) < 4.78 is 22.3. The highest BCUT2D eigenvalue weighted by atomic mass is 32.1. The third kappa shape index (κ3) is 4.17. The number of hydrogen-bond acceptors (Lipinski definition) is 7. The molecule has 1 N–H and O–H groups in total. The number of furan rings is 1. The van der Waals surface area contributed by atoms with Crippen molar-refractivity contribution in [3.8, 4) is 28.4 Å². The summed E-state index contributed by atoms with van der Waals surface area (Å²) in [7, 11) is 4.82. The molecule has 4 rings (SSSR count). The van der Waals surface area contributed by atoms with Crippen LogP contribution in [0.5, 0.6) is 17.2 Å². The van der Waals surface area contributed by atoms with Crippen molar-refractivity contribution in [1.29, 1.82) is 0 Å². The molecule has 0 unspecified atom stereocenters. The molecule has 0 saturated heterocycles. The lowest BCUT2D eigenvalue weighted by atomic mass is 9.98. The largest absolute Gasteiger partial charge is 0.497 e. The number of amides is 1. The van der Waals surface area contributed by atoms with Crippen LogP contribution in [0.2, 0.25) is 0 Å². The maximum Gasteiger partial charge on any atom is 0.250 e. The Morgan fingerprint density at radius 1 is 1.06 bits per heavy atom. The lowest BCUT2D eigenvalue weighted by Crippen LogP contribution is -2.08. The van der Waals surface area contributed by atoms with Crippen molar-refractivity contribution >= 4 is 38.9 Å². The van der Waals surface area contributed by atoms with Gasteiger partial charge in [0.1, 0.15) is 22.8 Å². The van der Waals surface area contributed by atoms with Crippen molar-refractivity contribution in [1.82, 2.24) is 4.98 Å². The van der Waals surface area contributed by atoms with Gasteiger partial charge in [0, 0.05) is 45.8 Å². The number of benzene rings is 2. The molecular formula is C24H22N2O5S. The molecular weight excluding hydrogens is 428 g/mol. The van der Waals surface area contributed by atoms with E-state index >= 15 is 0 Å².